The molecule has 1 N–H and O–H groups in total. The first-order valence-electron chi connectivity index (χ1n) is 8.92. The summed E-state index contributed by atoms with van der Waals surface area (Å²) in [6.07, 6.45) is 3.39. The van der Waals surface area contributed by atoms with Gasteiger partial charge in [0.1, 0.15) is 0 Å². The summed E-state index contributed by atoms with van der Waals surface area (Å²) in [6, 6.07) is 7.74. The second-order valence-electron chi connectivity index (χ2n) is 7.17. The Morgan fingerprint density at radius 3 is 2.33 bits per heavy atom. The van der Waals surface area contributed by atoms with Crippen molar-refractivity contribution >= 4 is 27.4 Å². The minimum Gasteiger partial charge on any atom is -0.338 e. The second kappa shape index (κ2) is 7.64. The number of anilines is 2. The molecule has 144 valence electrons. The van der Waals surface area contributed by atoms with Gasteiger partial charge in [-0.1, -0.05) is 26.0 Å². The van der Waals surface area contributed by atoms with Crippen LogP contribution in [0.5, 0.6) is 0 Å². The fourth-order valence-electron chi connectivity index (χ4n) is 3.03. The lowest BCUT2D eigenvalue weighted by atomic mass is 10.0. The highest BCUT2D eigenvalue weighted by Crippen LogP contribution is 2.20. The molecule has 7 nitrogen and oxygen atoms in total. The molecule has 8 heteroatoms. The Kier molecular flexibility index (Phi) is 5.46. The molecule has 1 aromatic heterocycles. The number of hydrogen-bond acceptors (Lipinski definition) is 6. The Balaban J connectivity index is 1.65. The van der Waals surface area contributed by atoms with Gasteiger partial charge in [0.2, 0.25) is 5.95 Å². The Labute approximate surface area is 159 Å². The number of carbonyl (C=O) groups excluding carboxylic acids is 1. The van der Waals surface area contributed by atoms with Crippen molar-refractivity contribution in [2.75, 3.05) is 23.9 Å². The number of nitrogens with one attached hydrogen (secondary N) is 1. The van der Waals surface area contributed by atoms with Crippen molar-refractivity contribution in [3.63, 3.8) is 0 Å². The molecule has 1 amide bonds. The highest BCUT2D eigenvalue weighted by Gasteiger charge is 2.33. The molecule has 1 aliphatic rings. The van der Waals surface area contributed by atoms with Gasteiger partial charge in [-0.05, 0) is 30.0 Å². The van der Waals surface area contributed by atoms with Gasteiger partial charge in [-0.3, -0.25) is 4.79 Å². The Bertz CT molecular complexity index is 909. The lowest BCUT2D eigenvalue weighted by Gasteiger charge is -2.23. The molecule has 1 atom stereocenters. The summed E-state index contributed by atoms with van der Waals surface area (Å²) in [6.45, 7) is 4.28. The predicted molar refractivity (Wildman–Crippen MR) is 105 cm³/mol. The van der Waals surface area contributed by atoms with Crippen LogP contribution in [0.3, 0.4) is 0 Å². The molecule has 0 spiro atoms. The maximum Gasteiger partial charge on any atom is 0.257 e. The molecule has 0 bridgehead atoms. The van der Waals surface area contributed by atoms with Gasteiger partial charge >= 0.3 is 0 Å². The van der Waals surface area contributed by atoms with Crippen LogP contribution in [0.15, 0.2) is 36.7 Å². The standard InChI is InChI=1S/C19H24N4O3S/c1-13(2)14-4-6-16(7-5-14)22-19-20-10-15(11-21-19)18(24)23(3)17-8-9-27(25,26)12-17/h4-7,10-11,13,17H,8-9,12H2,1-3H3,(H,20,21,22). The van der Waals surface area contributed by atoms with E-state index in [4.69, 9.17) is 0 Å². The third-order valence-electron chi connectivity index (χ3n) is 4.81. The van der Waals surface area contributed by atoms with Crippen molar-refractivity contribution < 1.29 is 13.2 Å². The number of sulfone groups is 1. The van der Waals surface area contributed by atoms with E-state index in [0.29, 0.717) is 23.9 Å². The summed E-state index contributed by atoms with van der Waals surface area (Å²) in [5, 5.41) is 3.10. The van der Waals surface area contributed by atoms with Gasteiger partial charge in [0.25, 0.3) is 5.91 Å². The van der Waals surface area contributed by atoms with Gasteiger partial charge in [0.15, 0.2) is 9.84 Å². The molecule has 2 heterocycles. The van der Waals surface area contributed by atoms with Crippen molar-refractivity contribution in [3.8, 4) is 0 Å². The van der Waals surface area contributed by atoms with Crippen LogP contribution in [0.1, 0.15) is 42.1 Å². The summed E-state index contributed by atoms with van der Waals surface area (Å²) in [5.74, 6) is 0.735. The first-order valence-corrected chi connectivity index (χ1v) is 10.7. The smallest absolute Gasteiger partial charge is 0.257 e. The molecular formula is C19H24N4O3S. The minimum absolute atomic E-state index is 0.0160. The van der Waals surface area contributed by atoms with Crippen LogP contribution >= 0.6 is 0 Å². The monoisotopic (exact) mass is 388 g/mol. The second-order valence-corrected chi connectivity index (χ2v) is 9.40. The van der Waals surface area contributed by atoms with Crippen LogP contribution in [-0.4, -0.2) is 53.8 Å². The molecule has 1 aromatic carbocycles. The topological polar surface area (TPSA) is 92.3 Å². The molecule has 0 saturated carbocycles. The molecular weight excluding hydrogens is 364 g/mol. The normalized spacial score (nSPS) is 18.4. The first kappa shape index (κ1) is 19.3. The largest absolute Gasteiger partial charge is 0.338 e. The van der Waals surface area contributed by atoms with Crippen LogP contribution in [0.4, 0.5) is 11.6 Å². The number of carbonyl (C=O) groups is 1. The van der Waals surface area contributed by atoms with Crippen LogP contribution in [0.25, 0.3) is 0 Å². The van der Waals surface area contributed by atoms with Crippen LogP contribution < -0.4 is 5.32 Å². The fourth-order valence-corrected chi connectivity index (χ4v) is 4.81. The number of benzene rings is 1. The number of amides is 1. The maximum absolute atomic E-state index is 12.5. The zero-order valence-electron chi connectivity index (χ0n) is 15.7. The SMILES string of the molecule is CC(C)c1ccc(Nc2ncc(C(=O)N(C)C3CCS(=O)(=O)C3)cn2)cc1. The molecule has 27 heavy (non-hydrogen) atoms. The van der Waals surface area contributed by atoms with E-state index >= 15 is 0 Å². The quantitative estimate of drug-likeness (QED) is 0.846. The Morgan fingerprint density at radius 2 is 1.81 bits per heavy atom. The Hall–Kier alpha value is -2.48. The van der Waals surface area contributed by atoms with E-state index in [1.54, 1.807) is 7.05 Å². The van der Waals surface area contributed by atoms with E-state index in [2.05, 4.69) is 41.3 Å². The molecule has 1 saturated heterocycles. The summed E-state index contributed by atoms with van der Waals surface area (Å²) in [7, 11) is -1.42. The summed E-state index contributed by atoms with van der Waals surface area (Å²) >= 11 is 0. The van der Waals surface area contributed by atoms with E-state index in [-0.39, 0.29) is 23.5 Å². The molecule has 1 unspecified atom stereocenters. The number of nitrogens with zero attached hydrogens (tertiary/aromatic N) is 3. The van der Waals surface area contributed by atoms with Gasteiger partial charge in [0.05, 0.1) is 17.1 Å². The van der Waals surface area contributed by atoms with Gasteiger partial charge in [-0.2, -0.15) is 0 Å². The number of aromatic nitrogens is 2. The lowest BCUT2D eigenvalue weighted by molar-refractivity contribution is 0.0747. The van der Waals surface area contributed by atoms with Gasteiger partial charge in [0, 0.05) is 31.2 Å². The molecule has 0 radical (unpaired) electrons. The van der Waals surface area contributed by atoms with Crippen LogP contribution in [0.2, 0.25) is 0 Å². The maximum atomic E-state index is 12.5. The van der Waals surface area contributed by atoms with E-state index in [1.165, 1.54) is 22.9 Å². The van der Waals surface area contributed by atoms with Crippen molar-refractivity contribution in [2.45, 2.75) is 32.2 Å². The minimum atomic E-state index is -3.04. The molecule has 3 rings (SSSR count). The average Bonchev–Trinajstić information content (AvgIpc) is 3.01. The highest BCUT2D eigenvalue weighted by molar-refractivity contribution is 7.91. The van der Waals surface area contributed by atoms with Crippen molar-refractivity contribution in [3.05, 3.63) is 47.8 Å². The molecule has 1 aliphatic heterocycles. The van der Waals surface area contributed by atoms with E-state index in [9.17, 15) is 13.2 Å². The lowest BCUT2D eigenvalue weighted by Crippen LogP contribution is -2.37. The first-order chi connectivity index (χ1) is 12.7. The predicted octanol–water partition coefficient (Wildman–Crippen LogP) is 2.60. The third kappa shape index (κ3) is 4.63. The Morgan fingerprint density at radius 1 is 1.19 bits per heavy atom. The zero-order chi connectivity index (χ0) is 19.6. The van der Waals surface area contributed by atoms with Gasteiger partial charge < -0.3 is 10.2 Å². The van der Waals surface area contributed by atoms with E-state index in [0.717, 1.165) is 5.69 Å². The fraction of sp³-hybridized carbons (Fsp3) is 0.421. The van der Waals surface area contributed by atoms with Gasteiger partial charge in [-0.25, -0.2) is 18.4 Å². The molecule has 1 fully saturated rings. The van der Waals surface area contributed by atoms with E-state index in [1.807, 2.05) is 12.1 Å². The van der Waals surface area contributed by atoms with Crippen molar-refractivity contribution in [1.29, 1.82) is 0 Å². The summed E-state index contributed by atoms with van der Waals surface area (Å²) in [5.41, 5.74) is 2.45. The number of rotatable bonds is 5. The average molecular weight is 388 g/mol. The molecule has 2 aromatic rings. The third-order valence-corrected chi connectivity index (χ3v) is 6.56. The van der Waals surface area contributed by atoms with Crippen LogP contribution in [-0.2, 0) is 9.84 Å². The highest BCUT2D eigenvalue weighted by atomic mass is 32.2. The summed E-state index contributed by atoms with van der Waals surface area (Å²) in [4.78, 5) is 22.4. The molecule has 0 aliphatic carbocycles. The number of hydrogen-bond donors (Lipinski definition) is 1. The van der Waals surface area contributed by atoms with Crippen molar-refractivity contribution in [1.82, 2.24) is 14.9 Å². The van der Waals surface area contributed by atoms with Gasteiger partial charge in [-0.15, -0.1) is 0 Å². The van der Waals surface area contributed by atoms with E-state index < -0.39 is 9.84 Å². The summed E-state index contributed by atoms with van der Waals surface area (Å²) < 4.78 is 23.2. The van der Waals surface area contributed by atoms with Crippen molar-refractivity contribution in [2.24, 2.45) is 0 Å². The van der Waals surface area contributed by atoms with Crippen LogP contribution in [0, 0.1) is 0 Å². The zero-order valence-corrected chi connectivity index (χ0v) is 16.5.